The first-order valence-electron chi connectivity index (χ1n) is 5.11. The van der Waals surface area contributed by atoms with Crippen molar-refractivity contribution in [3.05, 3.63) is 0 Å². The molecule has 0 aromatic heterocycles. The summed E-state index contributed by atoms with van der Waals surface area (Å²) in [6.45, 7) is 4.72. The van der Waals surface area contributed by atoms with Crippen molar-refractivity contribution in [2.75, 3.05) is 26.7 Å². The molecule has 1 saturated carbocycles. The summed E-state index contributed by atoms with van der Waals surface area (Å²) in [5.74, 6) is 0.599. The Labute approximate surface area is 79.7 Å². The van der Waals surface area contributed by atoms with Crippen LogP contribution in [-0.4, -0.2) is 48.5 Å². The molecule has 13 heavy (non-hydrogen) atoms. The van der Waals surface area contributed by atoms with Gasteiger partial charge in [-0.2, -0.15) is 0 Å². The number of likely N-dealkylation sites (tertiary alicyclic amines) is 1. The van der Waals surface area contributed by atoms with Crippen LogP contribution in [0.4, 0.5) is 0 Å². The highest BCUT2D eigenvalue weighted by Gasteiger charge is 2.51. The van der Waals surface area contributed by atoms with Crippen molar-refractivity contribution in [2.45, 2.75) is 31.5 Å². The molecule has 2 rings (SSSR count). The average Bonchev–Trinajstić information content (AvgIpc) is 2.83. The predicted molar refractivity (Wildman–Crippen MR) is 50.6 cm³/mol. The molecule has 0 spiro atoms. The van der Waals surface area contributed by atoms with Gasteiger partial charge in [-0.05, 0) is 25.7 Å². The van der Waals surface area contributed by atoms with Gasteiger partial charge < -0.3 is 9.84 Å². The maximum absolute atomic E-state index is 10.0. The fraction of sp³-hybridized carbons (Fsp3) is 1.00. The van der Waals surface area contributed by atoms with Gasteiger partial charge in [-0.1, -0.05) is 0 Å². The van der Waals surface area contributed by atoms with E-state index in [0.717, 1.165) is 19.6 Å². The van der Waals surface area contributed by atoms with E-state index in [-0.39, 0.29) is 11.7 Å². The van der Waals surface area contributed by atoms with Crippen LogP contribution in [0.5, 0.6) is 0 Å². The molecule has 1 unspecified atom stereocenters. The second-order valence-corrected chi connectivity index (χ2v) is 4.59. The Bertz CT molecular complexity index is 185. The molecule has 1 atom stereocenters. The summed E-state index contributed by atoms with van der Waals surface area (Å²) in [6, 6.07) is 0. The topological polar surface area (TPSA) is 32.7 Å². The average molecular weight is 185 g/mol. The molecule has 1 saturated heterocycles. The number of nitrogens with zero attached hydrogens (tertiary/aromatic N) is 1. The fourth-order valence-corrected chi connectivity index (χ4v) is 2.17. The zero-order valence-electron chi connectivity index (χ0n) is 8.49. The van der Waals surface area contributed by atoms with Gasteiger partial charge in [-0.25, -0.2) is 0 Å². The molecule has 1 aliphatic carbocycles. The maximum atomic E-state index is 10.0. The van der Waals surface area contributed by atoms with E-state index in [1.165, 1.54) is 12.8 Å². The quantitative estimate of drug-likeness (QED) is 0.691. The standard InChI is InChI=1S/C10H19NO2/c1-8(13-2)5-11-6-10(12,7-11)9-3-4-9/h8-9,12H,3-7H2,1-2H3. The first-order valence-corrected chi connectivity index (χ1v) is 5.11. The van der Waals surface area contributed by atoms with Crippen LogP contribution < -0.4 is 0 Å². The van der Waals surface area contributed by atoms with Crippen LogP contribution in [0, 0.1) is 5.92 Å². The summed E-state index contributed by atoms with van der Waals surface area (Å²) in [7, 11) is 1.73. The number of β-amino-alcohol motifs (C(OH)–C–C–N with tert-alkyl or cyclic N) is 1. The first kappa shape index (κ1) is 9.44. The molecule has 2 fully saturated rings. The maximum Gasteiger partial charge on any atom is 0.0928 e. The fourth-order valence-electron chi connectivity index (χ4n) is 2.17. The number of hydrogen-bond donors (Lipinski definition) is 1. The van der Waals surface area contributed by atoms with Crippen LogP contribution >= 0.6 is 0 Å². The second-order valence-electron chi connectivity index (χ2n) is 4.59. The van der Waals surface area contributed by atoms with Crippen molar-refractivity contribution in [3.63, 3.8) is 0 Å². The monoisotopic (exact) mass is 185 g/mol. The number of ether oxygens (including phenoxy) is 1. The van der Waals surface area contributed by atoms with Crippen molar-refractivity contribution >= 4 is 0 Å². The van der Waals surface area contributed by atoms with Crippen LogP contribution in [0.15, 0.2) is 0 Å². The van der Waals surface area contributed by atoms with Crippen LogP contribution in [0.1, 0.15) is 19.8 Å². The molecule has 0 aromatic carbocycles. The molecule has 76 valence electrons. The number of methoxy groups -OCH3 is 1. The van der Waals surface area contributed by atoms with Gasteiger partial charge >= 0.3 is 0 Å². The highest BCUT2D eigenvalue weighted by Crippen LogP contribution is 2.44. The predicted octanol–water partition coefficient (Wildman–Crippen LogP) is 0.478. The number of rotatable bonds is 4. The second kappa shape index (κ2) is 3.23. The van der Waals surface area contributed by atoms with E-state index in [2.05, 4.69) is 11.8 Å². The van der Waals surface area contributed by atoms with Crippen molar-refractivity contribution in [2.24, 2.45) is 5.92 Å². The lowest BCUT2D eigenvalue weighted by molar-refractivity contribution is -0.123. The summed E-state index contributed by atoms with van der Waals surface area (Å²) in [6.07, 6.45) is 2.73. The van der Waals surface area contributed by atoms with Gasteiger partial charge in [0.05, 0.1) is 11.7 Å². The van der Waals surface area contributed by atoms with Gasteiger partial charge in [0.2, 0.25) is 0 Å². The third kappa shape index (κ3) is 1.87. The Morgan fingerprint density at radius 1 is 1.54 bits per heavy atom. The van der Waals surface area contributed by atoms with Crippen molar-refractivity contribution in [3.8, 4) is 0 Å². The van der Waals surface area contributed by atoms with Gasteiger partial charge in [-0.15, -0.1) is 0 Å². The normalized spacial score (nSPS) is 29.8. The van der Waals surface area contributed by atoms with Gasteiger partial charge in [0, 0.05) is 26.7 Å². The highest BCUT2D eigenvalue weighted by molar-refractivity contribution is 5.05. The largest absolute Gasteiger partial charge is 0.387 e. The minimum absolute atomic E-state index is 0.281. The zero-order valence-corrected chi connectivity index (χ0v) is 8.49. The van der Waals surface area contributed by atoms with Crippen LogP contribution in [0.3, 0.4) is 0 Å². The summed E-state index contributed by atoms with van der Waals surface area (Å²) in [5, 5.41) is 10.0. The smallest absolute Gasteiger partial charge is 0.0928 e. The van der Waals surface area contributed by atoms with Gasteiger partial charge in [-0.3, -0.25) is 4.90 Å². The summed E-state index contributed by atoms with van der Waals surface area (Å²) >= 11 is 0. The molecule has 1 N–H and O–H groups in total. The van der Waals surface area contributed by atoms with Gasteiger partial charge in [0.15, 0.2) is 0 Å². The van der Waals surface area contributed by atoms with Crippen LogP contribution in [0.2, 0.25) is 0 Å². The molecule has 0 aromatic rings. The third-order valence-corrected chi connectivity index (χ3v) is 3.25. The van der Waals surface area contributed by atoms with E-state index in [9.17, 15) is 5.11 Å². The van der Waals surface area contributed by atoms with E-state index in [0.29, 0.717) is 5.92 Å². The lowest BCUT2D eigenvalue weighted by Crippen LogP contribution is -2.64. The summed E-state index contributed by atoms with van der Waals surface area (Å²) in [5.41, 5.74) is -0.340. The molecule has 0 bridgehead atoms. The summed E-state index contributed by atoms with van der Waals surface area (Å²) in [4.78, 5) is 2.27. The summed E-state index contributed by atoms with van der Waals surface area (Å²) < 4.78 is 5.18. The molecule has 0 radical (unpaired) electrons. The van der Waals surface area contributed by atoms with Gasteiger partial charge in [0.1, 0.15) is 0 Å². The molecule has 3 heteroatoms. The Morgan fingerprint density at radius 3 is 2.62 bits per heavy atom. The minimum Gasteiger partial charge on any atom is -0.387 e. The van der Waals surface area contributed by atoms with Crippen molar-refractivity contribution in [1.29, 1.82) is 0 Å². The van der Waals surface area contributed by atoms with Crippen molar-refractivity contribution < 1.29 is 9.84 Å². The number of aliphatic hydroxyl groups is 1. The molecular weight excluding hydrogens is 166 g/mol. The SMILES string of the molecule is COC(C)CN1CC(O)(C2CC2)C1. The molecule has 1 heterocycles. The molecule has 2 aliphatic rings. The molecule has 0 amide bonds. The van der Waals surface area contributed by atoms with Crippen molar-refractivity contribution in [1.82, 2.24) is 4.90 Å². The Morgan fingerprint density at radius 2 is 2.15 bits per heavy atom. The van der Waals surface area contributed by atoms with E-state index in [1.54, 1.807) is 7.11 Å². The minimum atomic E-state index is -0.340. The first-order chi connectivity index (χ1) is 6.14. The number of hydrogen-bond acceptors (Lipinski definition) is 3. The zero-order chi connectivity index (χ0) is 9.47. The Kier molecular flexibility index (Phi) is 2.34. The van der Waals surface area contributed by atoms with E-state index in [1.807, 2.05) is 0 Å². The molecule has 1 aliphatic heterocycles. The van der Waals surface area contributed by atoms with E-state index >= 15 is 0 Å². The molecule has 3 nitrogen and oxygen atoms in total. The Balaban J connectivity index is 1.71. The third-order valence-electron chi connectivity index (χ3n) is 3.25. The van der Waals surface area contributed by atoms with Crippen LogP contribution in [-0.2, 0) is 4.74 Å². The highest BCUT2D eigenvalue weighted by atomic mass is 16.5. The van der Waals surface area contributed by atoms with E-state index in [4.69, 9.17) is 4.74 Å². The lowest BCUT2D eigenvalue weighted by atomic mass is 9.88. The Hall–Kier alpha value is -0.120. The van der Waals surface area contributed by atoms with E-state index < -0.39 is 0 Å². The van der Waals surface area contributed by atoms with Crippen LogP contribution in [0.25, 0.3) is 0 Å². The van der Waals surface area contributed by atoms with Gasteiger partial charge in [0.25, 0.3) is 0 Å². The lowest BCUT2D eigenvalue weighted by Gasteiger charge is -2.47. The molecular formula is C10H19NO2.